The first-order valence-electron chi connectivity index (χ1n) is 2.42. The molecule has 0 aromatic rings. The topological polar surface area (TPSA) is 49.3 Å². The number of carbonyl (C=O) groups excluding carboxylic acids is 1. The Kier molecular flexibility index (Phi) is 1.48. The first-order valence-corrected chi connectivity index (χ1v) is 2.82. The first-order chi connectivity index (χ1) is 4.18. The van der Waals surface area contributed by atoms with Gasteiger partial charge in [-0.25, -0.2) is 0 Å². The molecule has 0 unspecified atom stereocenters. The van der Waals surface area contributed by atoms with Crippen LogP contribution in [0.1, 0.15) is 6.42 Å². The largest absolute Gasteiger partial charge is 0.512 e. The van der Waals surface area contributed by atoms with Crippen molar-refractivity contribution >= 4 is 23.1 Å². The van der Waals surface area contributed by atoms with E-state index in [0.29, 0.717) is 4.99 Å². The standard InChI is InChI=1S/C5H5NO2S/c7-3-1-4(8)6-5(9)2-3/h1,7H,2H2,(H,6,8,9). The van der Waals surface area contributed by atoms with Gasteiger partial charge in [0.15, 0.2) is 0 Å². The summed E-state index contributed by atoms with van der Waals surface area (Å²) in [4.78, 5) is 10.8. The molecule has 1 rings (SSSR count). The monoisotopic (exact) mass is 143 g/mol. The molecule has 9 heavy (non-hydrogen) atoms. The summed E-state index contributed by atoms with van der Waals surface area (Å²) in [7, 11) is 0. The predicted molar refractivity (Wildman–Crippen MR) is 36.1 cm³/mol. The molecule has 0 fully saturated rings. The van der Waals surface area contributed by atoms with Gasteiger partial charge in [0.25, 0.3) is 5.91 Å². The second-order valence-corrected chi connectivity index (χ2v) is 2.22. The lowest BCUT2D eigenvalue weighted by Gasteiger charge is -2.08. The van der Waals surface area contributed by atoms with E-state index in [0.717, 1.165) is 6.08 Å². The molecule has 0 aromatic carbocycles. The van der Waals surface area contributed by atoms with Crippen molar-refractivity contribution in [2.45, 2.75) is 6.42 Å². The van der Waals surface area contributed by atoms with Gasteiger partial charge in [0.05, 0.1) is 11.4 Å². The number of hydrogen-bond donors (Lipinski definition) is 2. The second kappa shape index (κ2) is 2.14. The Morgan fingerprint density at radius 1 is 1.78 bits per heavy atom. The number of rotatable bonds is 0. The molecule has 0 bridgehead atoms. The van der Waals surface area contributed by atoms with Gasteiger partial charge < -0.3 is 10.4 Å². The molecule has 0 atom stereocenters. The molecular weight excluding hydrogens is 138 g/mol. The number of aliphatic hydroxyl groups is 1. The molecule has 1 aliphatic heterocycles. The first kappa shape index (κ1) is 6.22. The minimum atomic E-state index is -0.344. The zero-order valence-corrected chi connectivity index (χ0v) is 5.36. The maximum Gasteiger partial charge on any atom is 0.252 e. The molecule has 0 aliphatic carbocycles. The summed E-state index contributed by atoms with van der Waals surface area (Å²) in [6.07, 6.45) is 1.40. The fourth-order valence-electron chi connectivity index (χ4n) is 0.585. The molecule has 3 nitrogen and oxygen atoms in total. The summed E-state index contributed by atoms with van der Waals surface area (Å²) in [5, 5.41) is 11.1. The quantitative estimate of drug-likeness (QED) is 0.479. The van der Waals surface area contributed by atoms with Crippen LogP contribution in [-0.2, 0) is 4.79 Å². The number of carbonyl (C=O) groups is 1. The summed E-state index contributed by atoms with van der Waals surface area (Å²) < 4.78 is 0. The fourth-order valence-corrected chi connectivity index (χ4v) is 0.833. The zero-order valence-electron chi connectivity index (χ0n) is 4.55. The highest BCUT2D eigenvalue weighted by atomic mass is 32.1. The molecular formula is C5H5NO2S. The van der Waals surface area contributed by atoms with Crippen LogP contribution in [0.2, 0.25) is 0 Å². The van der Waals surface area contributed by atoms with Gasteiger partial charge in [-0.15, -0.1) is 0 Å². The third-order valence-electron chi connectivity index (χ3n) is 0.902. The van der Waals surface area contributed by atoms with Crippen LogP contribution in [0.15, 0.2) is 11.8 Å². The van der Waals surface area contributed by atoms with E-state index in [2.05, 4.69) is 17.5 Å². The molecule has 0 saturated carbocycles. The Bertz CT molecular complexity index is 197. The average Bonchev–Trinajstić information content (AvgIpc) is 1.59. The van der Waals surface area contributed by atoms with Crippen LogP contribution in [0.5, 0.6) is 0 Å². The predicted octanol–water partition coefficient (Wildman–Crippen LogP) is 0.276. The van der Waals surface area contributed by atoms with E-state index in [1.165, 1.54) is 0 Å². The molecule has 2 N–H and O–H groups in total. The molecule has 0 spiro atoms. The summed E-state index contributed by atoms with van der Waals surface area (Å²) in [6, 6.07) is 0. The Balaban J connectivity index is 2.79. The van der Waals surface area contributed by atoms with E-state index < -0.39 is 0 Å². The minimum absolute atomic E-state index is 0.0313. The third kappa shape index (κ3) is 1.50. The van der Waals surface area contributed by atoms with E-state index in [1.54, 1.807) is 0 Å². The Hall–Kier alpha value is -0.900. The van der Waals surface area contributed by atoms with Crippen LogP contribution in [-0.4, -0.2) is 16.0 Å². The van der Waals surface area contributed by atoms with Crippen molar-refractivity contribution < 1.29 is 9.90 Å². The number of thiocarbonyl (C=S) groups is 1. The Morgan fingerprint density at radius 2 is 2.44 bits per heavy atom. The summed E-state index contributed by atoms with van der Waals surface area (Å²) in [5.74, 6) is -0.312. The van der Waals surface area contributed by atoms with Crippen LogP contribution in [0.4, 0.5) is 0 Å². The van der Waals surface area contributed by atoms with Gasteiger partial charge in [0.2, 0.25) is 0 Å². The van der Waals surface area contributed by atoms with Gasteiger partial charge in [-0.2, -0.15) is 0 Å². The maximum absolute atomic E-state index is 10.4. The zero-order chi connectivity index (χ0) is 6.85. The van der Waals surface area contributed by atoms with Gasteiger partial charge in [0, 0.05) is 6.08 Å². The van der Waals surface area contributed by atoms with Gasteiger partial charge in [0.1, 0.15) is 5.76 Å². The lowest BCUT2D eigenvalue weighted by Crippen LogP contribution is -2.31. The van der Waals surface area contributed by atoms with E-state index in [9.17, 15) is 4.79 Å². The second-order valence-electron chi connectivity index (χ2n) is 1.72. The van der Waals surface area contributed by atoms with Crippen LogP contribution >= 0.6 is 12.2 Å². The minimum Gasteiger partial charge on any atom is -0.512 e. The van der Waals surface area contributed by atoms with Crippen molar-refractivity contribution in [2.24, 2.45) is 0 Å². The van der Waals surface area contributed by atoms with Crippen molar-refractivity contribution in [1.82, 2.24) is 5.32 Å². The van der Waals surface area contributed by atoms with Crippen LogP contribution in [0.25, 0.3) is 0 Å². The third-order valence-corrected chi connectivity index (χ3v) is 1.15. The Labute approximate surface area is 57.4 Å². The lowest BCUT2D eigenvalue weighted by atomic mass is 10.2. The smallest absolute Gasteiger partial charge is 0.252 e. The summed E-state index contributed by atoms with van der Waals surface area (Å²) in [5.41, 5.74) is 0. The lowest BCUT2D eigenvalue weighted by molar-refractivity contribution is -0.115. The molecule has 0 saturated heterocycles. The van der Waals surface area contributed by atoms with Crippen molar-refractivity contribution in [3.8, 4) is 0 Å². The highest BCUT2D eigenvalue weighted by Gasteiger charge is 2.10. The van der Waals surface area contributed by atoms with E-state index in [4.69, 9.17) is 5.11 Å². The van der Waals surface area contributed by atoms with Gasteiger partial charge in [-0.3, -0.25) is 4.79 Å². The molecule has 1 amide bonds. The highest BCUT2D eigenvalue weighted by Crippen LogP contribution is 2.01. The van der Waals surface area contributed by atoms with Gasteiger partial charge >= 0.3 is 0 Å². The van der Waals surface area contributed by atoms with E-state index >= 15 is 0 Å². The number of aliphatic hydroxyl groups excluding tert-OH is 1. The number of hydrogen-bond acceptors (Lipinski definition) is 3. The normalized spacial score (nSPS) is 18.9. The van der Waals surface area contributed by atoms with Gasteiger partial charge in [-0.1, -0.05) is 12.2 Å². The van der Waals surface area contributed by atoms with Crippen molar-refractivity contribution in [3.63, 3.8) is 0 Å². The molecule has 0 radical (unpaired) electrons. The molecule has 48 valence electrons. The van der Waals surface area contributed by atoms with Crippen molar-refractivity contribution in [3.05, 3.63) is 11.8 Å². The SMILES string of the molecule is O=C1C=C(O)CC(=S)N1. The van der Waals surface area contributed by atoms with Crippen molar-refractivity contribution in [1.29, 1.82) is 0 Å². The van der Waals surface area contributed by atoms with Gasteiger partial charge in [-0.05, 0) is 0 Å². The maximum atomic E-state index is 10.4. The molecule has 1 heterocycles. The van der Waals surface area contributed by atoms with Crippen LogP contribution in [0, 0.1) is 0 Å². The summed E-state index contributed by atoms with van der Waals surface area (Å²) in [6.45, 7) is 0. The van der Waals surface area contributed by atoms with Crippen LogP contribution in [0.3, 0.4) is 0 Å². The Morgan fingerprint density at radius 3 is 2.89 bits per heavy atom. The molecule has 1 aliphatic rings. The summed E-state index contributed by atoms with van der Waals surface area (Å²) >= 11 is 4.63. The molecule has 0 aromatic heterocycles. The average molecular weight is 143 g/mol. The van der Waals surface area contributed by atoms with E-state index in [-0.39, 0.29) is 18.1 Å². The van der Waals surface area contributed by atoms with Crippen molar-refractivity contribution in [2.75, 3.05) is 0 Å². The number of amides is 1. The molecule has 4 heteroatoms. The fraction of sp³-hybridized carbons (Fsp3) is 0.200. The highest BCUT2D eigenvalue weighted by molar-refractivity contribution is 7.80. The number of nitrogens with one attached hydrogen (secondary N) is 1. The van der Waals surface area contributed by atoms with Crippen LogP contribution < -0.4 is 5.32 Å². The van der Waals surface area contributed by atoms with E-state index in [1.807, 2.05) is 0 Å².